The zero-order chi connectivity index (χ0) is 14.0. The van der Waals surface area contributed by atoms with Crippen molar-refractivity contribution >= 4 is 11.5 Å². The van der Waals surface area contributed by atoms with Crippen LogP contribution in [0.5, 0.6) is 0 Å². The van der Waals surface area contributed by atoms with Crippen LogP contribution in [0.25, 0.3) is 0 Å². The molecule has 0 aliphatic carbocycles. The molecule has 2 rings (SSSR count). The van der Waals surface area contributed by atoms with E-state index in [9.17, 15) is 0 Å². The maximum atomic E-state index is 6.05. The Morgan fingerprint density at radius 3 is 2.58 bits per heavy atom. The monoisotopic (exact) mass is 260 g/mol. The number of hydrogen-bond donors (Lipinski definition) is 2. The van der Waals surface area contributed by atoms with Gasteiger partial charge >= 0.3 is 0 Å². The van der Waals surface area contributed by atoms with Gasteiger partial charge in [-0.1, -0.05) is 0 Å². The van der Waals surface area contributed by atoms with Crippen molar-refractivity contribution in [1.29, 1.82) is 0 Å². The van der Waals surface area contributed by atoms with Crippen molar-refractivity contribution in [3.05, 3.63) is 29.5 Å². The van der Waals surface area contributed by atoms with Crippen LogP contribution < -0.4 is 11.1 Å². The molecule has 6 nitrogen and oxygen atoms in total. The molecular weight excluding hydrogens is 240 g/mol. The molecule has 0 amide bonds. The predicted octanol–water partition coefficient (Wildman–Crippen LogP) is 2.07. The van der Waals surface area contributed by atoms with Crippen molar-refractivity contribution in [2.24, 2.45) is 0 Å². The summed E-state index contributed by atoms with van der Waals surface area (Å²) in [7, 11) is 0. The Kier molecular flexibility index (Phi) is 3.69. The van der Waals surface area contributed by atoms with Crippen molar-refractivity contribution in [2.45, 2.75) is 40.3 Å². The molecule has 6 heteroatoms. The number of nitrogen functional groups attached to an aromatic ring is 1. The summed E-state index contributed by atoms with van der Waals surface area (Å²) in [6.07, 6.45) is 3.52. The SMILES string of the molecule is Cc1cnc(CNc2c(N)c(C)nn2C(C)C)cn1. The fourth-order valence-electron chi connectivity index (χ4n) is 1.80. The molecule has 3 N–H and O–H groups in total. The van der Waals surface area contributed by atoms with Crippen LogP contribution in [0.4, 0.5) is 11.5 Å². The highest BCUT2D eigenvalue weighted by atomic mass is 15.4. The van der Waals surface area contributed by atoms with E-state index >= 15 is 0 Å². The average molecular weight is 260 g/mol. The van der Waals surface area contributed by atoms with Crippen LogP contribution in [-0.2, 0) is 6.54 Å². The molecule has 19 heavy (non-hydrogen) atoms. The van der Waals surface area contributed by atoms with E-state index in [1.807, 2.05) is 18.5 Å². The molecule has 0 spiro atoms. The molecule has 2 aromatic heterocycles. The number of nitrogens with two attached hydrogens (primary N) is 1. The maximum absolute atomic E-state index is 6.05. The molecule has 0 atom stereocenters. The van der Waals surface area contributed by atoms with Crippen molar-refractivity contribution in [2.75, 3.05) is 11.1 Å². The zero-order valence-electron chi connectivity index (χ0n) is 11.8. The van der Waals surface area contributed by atoms with Gasteiger partial charge in [0.25, 0.3) is 0 Å². The third-order valence-electron chi connectivity index (χ3n) is 2.89. The third-order valence-corrected chi connectivity index (χ3v) is 2.89. The van der Waals surface area contributed by atoms with Crippen molar-refractivity contribution in [1.82, 2.24) is 19.7 Å². The minimum absolute atomic E-state index is 0.252. The van der Waals surface area contributed by atoms with E-state index in [2.05, 4.69) is 34.2 Å². The van der Waals surface area contributed by atoms with Gasteiger partial charge in [-0.05, 0) is 27.7 Å². The molecule has 2 heterocycles. The largest absolute Gasteiger partial charge is 0.394 e. The van der Waals surface area contributed by atoms with E-state index in [0.29, 0.717) is 12.2 Å². The molecule has 2 aromatic rings. The molecule has 0 saturated carbocycles. The molecular formula is C13H20N6. The number of aromatic nitrogens is 4. The van der Waals surface area contributed by atoms with Crippen LogP contribution in [0.3, 0.4) is 0 Å². The van der Waals surface area contributed by atoms with E-state index < -0.39 is 0 Å². The Hall–Kier alpha value is -2.11. The van der Waals surface area contributed by atoms with E-state index in [-0.39, 0.29) is 6.04 Å². The van der Waals surface area contributed by atoms with Crippen LogP contribution >= 0.6 is 0 Å². The standard InChI is InChI=1S/C13H20N6/c1-8(2)19-13(12(14)10(4)18-19)17-7-11-6-15-9(3)5-16-11/h5-6,8,17H,7,14H2,1-4H3. The second kappa shape index (κ2) is 5.26. The first-order valence-electron chi connectivity index (χ1n) is 6.35. The molecule has 0 unspecified atom stereocenters. The first kappa shape index (κ1) is 13.3. The fourth-order valence-corrected chi connectivity index (χ4v) is 1.80. The van der Waals surface area contributed by atoms with Crippen LogP contribution in [0.1, 0.15) is 37.0 Å². The Balaban J connectivity index is 2.17. The molecule has 0 aromatic carbocycles. The topological polar surface area (TPSA) is 81.6 Å². The number of aryl methyl sites for hydroxylation is 2. The number of nitrogens with one attached hydrogen (secondary N) is 1. The lowest BCUT2D eigenvalue weighted by molar-refractivity contribution is 0.534. The summed E-state index contributed by atoms with van der Waals surface area (Å²) in [5, 5.41) is 7.72. The highest BCUT2D eigenvalue weighted by Crippen LogP contribution is 2.25. The first-order chi connectivity index (χ1) is 8.99. The van der Waals surface area contributed by atoms with Gasteiger partial charge < -0.3 is 11.1 Å². The van der Waals surface area contributed by atoms with Crippen LogP contribution in [0, 0.1) is 13.8 Å². The highest BCUT2D eigenvalue weighted by molar-refractivity contribution is 5.64. The van der Waals surface area contributed by atoms with Gasteiger partial charge in [0.2, 0.25) is 0 Å². The minimum atomic E-state index is 0.252. The summed E-state index contributed by atoms with van der Waals surface area (Å²) < 4.78 is 1.90. The van der Waals surface area contributed by atoms with Gasteiger partial charge in [0.05, 0.1) is 35.5 Å². The summed E-state index contributed by atoms with van der Waals surface area (Å²) in [5.74, 6) is 0.842. The normalized spacial score (nSPS) is 11.0. The summed E-state index contributed by atoms with van der Waals surface area (Å²) in [6, 6.07) is 0.252. The smallest absolute Gasteiger partial charge is 0.148 e. The molecule has 0 aliphatic rings. The summed E-state index contributed by atoms with van der Waals surface area (Å²) >= 11 is 0. The second-order valence-electron chi connectivity index (χ2n) is 4.89. The first-order valence-corrected chi connectivity index (χ1v) is 6.35. The van der Waals surface area contributed by atoms with Gasteiger partial charge in [0, 0.05) is 12.2 Å². The van der Waals surface area contributed by atoms with Crippen molar-refractivity contribution in [3.63, 3.8) is 0 Å². The quantitative estimate of drug-likeness (QED) is 0.879. The van der Waals surface area contributed by atoms with E-state index in [1.165, 1.54) is 0 Å². The second-order valence-corrected chi connectivity index (χ2v) is 4.89. The molecule has 0 bridgehead atoms. The zero-order valence-corrected chi connectivity index (χ0v) is 11.8. The van der Waals surface area contributed by atoms with Gasteiger partial charge in [-0.2, -0.15) is 5.10 Å². The van der Waals surface area contributed by atoms with Gasteiger partial charge in [-0.15, -0.1) is 0 Å². The van der Waals surface area contributed by atoms with E-state index in [4.69, 9.17) is 5.73 Å². The van der Waals surface area contributed by atoms with Crippen molar-refractivity contribution in [3.8, 4) is 0 Å². The number of rotatable bonds is 4. The Labute approximate surface area is 113 Å². The number of nitrogens with zero attached hydrogens (tertiary/aromatic N) is 4. The lowest BCUT2D eigenvalue weighted by atomic mass is 10.3. The van der Waals surface area contributed by atoms with E-state index in [0.717, 1.165) is 22.9 Å². The Bertz CT molecular complexity index is 555. The van der Waals surface area contributed by atoms with Crippen LogP contribution in [-0.4, -0.2) is 19.7 Å². The summed E-state index contributed by atoms with van der Waals surface area (Å²) in [6.45, 7) is 8.55. The predicted molar refractivity (Wildman–Crippen MR) is 75.9 cm³/mol. The fraction of sp³-hybridized carbons (Fsp3) is 0.462. The van der Waals surface area contributed by atoms with E-state index in [1.54, 1.807) is 12.4 Å². The Morgan fingerprint density at radius 2 is 2.00 bits per heavy atom. The minimum Gasteiger partial charge on any atom is -0.394 e. The van der Waals surface area contributed by atoms with Gasteiger partial charge in [0.1, 0.15) is 5.82 Å². The van der Waals surface area contributed by atoms with Crippen LogP contribution in [0.15, 0.2) is 12.4 Å². The average Bonchev–Trinajstić information content (AvgIpc) is 2.66. The maximum Gasteiger partial charge on any atom is 0.148 e. The Morgan fingerprint density at radius 1 is 1.26 bits per heavy atom. The number of anilines is 2. The molecule has 0 fully saturated rings. The van der Waals surface area contributed by atoms with Crippen LogP contribution in [0.2, 0.25) is 0 Å². The molecule has 0 saturated heterocycles. The summed E-state index contributed by atoms with van der Waals surface area (Å²) in [5.41, 5.74) is 9.36. The third kappa shape index (κ3) is 2.83. The summed E-state index contributed by atoms with van der Waals surface area (Å²) in [4.78, 5) is 8.53. The highest BCUT2D eigenvalue weighted by Gasteiger charge is 2.14. The molecule has 102 valence electrons. The van der Waals surface area contributed by atoms with Gasteiger partial charge in [-0.25, -0.2) is 4.68 Å². The number of hydrogen-bond acceptors (Lipinski definition) is 5. The lowest BCUT2D eigenvalue weighted by Gasteiger charge is -2.13. The van der Waals surface area contributed by atoms with Gasteiger partial charge in [0.15, 0.2) is 0 Å². The van der Waals surface area contributed by atoms with Gasteiger partial charge in [-0.3, -0.25) is 9.97 Å². The molecule has 0 radical (unpaired) electrons. The lowest BCUT2D eigenvalue weighted by Crippen LogP contribution is -2.11. The molecule has 0 aliphatic heterocycles. The van der Waals surface area contributed by atoms with Crippen molar-refractivity contribution < 1.29 is 0 Å².